The number of rotatable bonds is 5. The Morgan fingerprint density at radius 1 is 1.55 bits per heavy atom. The first-order valence-electron chi connectivity index (χ1n) is 3.24. The summed E-state index contributed by atoms with van der Waals surface area (Å²) in [4.78, 5) is 0. The second-order valence-corrected chi connectivity index (χ2v) is 2.63. The van der Waals surface area contributed by atoms with Crippen LogP contribution in [-0.4, -0.2) is 36.3 Å². The molecule has 0 spiro atoms. The molecule has 2 atom stereocenters. The first kappa shape index (κ1) is 14.0. The van der Waals surface area contributed by atoms with Gasteiger partial charge in [-0.2, -0.15) is 0 Å². The maximum Gasteiger partial charge on any atom is 0.0908 e. The fraction of sp³-hybridized carbons (Fsp3) is 1.00. The van der Waals surface area contributed by atoms with E-state index >= 15 is 0 Å². The lowest BCUT2D eigenvalue weighted by molar-refractivity contribution is 0.0435. The number of nitrogens with two attached hydrogens (primary N) is 1. The van der Waals surface area contributed by atoms with E-state index < -0.39 is 6.10 Å². The molecule has 0 fully saturated rings. The second-order valence-electron chi connectivity index (χ2n) is 2.32. The molecule has 0 saturated heterocycles. The highest BCUT2D eigenvalue weighted by atomic mass is 35.5. The van der Waals surface area contributed by atoms with Gasteiger partial charge in [-0.3, -0.25) is 0 Å². The van der Waals surface area contributed by atoms with Crippen molar-refractivity contribution in [2.45, 2.75) is 19.1 Å². The van der Waals surface area contributed by atoms with E-state index in [-0.39, 0.29) is 30.9 Å². The van der Waals surface area contributed by atoms with Crippen LogP contribution >= 0.6 is 24.0 Å². The summed E-state index contributed by atoms with van der Waals surface area (Å²) in [5.41, 5.74) is 5.38. The molecule has 70 valence electrons. The molecule has 0 amide bonds. The molecule has 0 aromatic rings. The van der Waals surface area contributed by atoms with Crippen LogP contribution in [0.25, 0.3) is 0 Å². The van der Waals surface area contributed by atoms with E-state index in [0.717, 1.165) is 0 Å². The number of aliphatic hydroxyl groups is 1. The summed E-state index contributed by atoms with van der Waals surface area (Å²) in [6.07, 6.45) is -0.569. The normalized spacial score (nSPS) is 15.3. The number of halogens is 2. The Labute approximate surface area is 78.3 Å². The van der Waals surface area contributed by atoms with E-state index in [0.29, 0.717) is 6.61 Å². The van der Waals surface area contributed by atoms with Crippen molar-refractivity contribution in [3.8, 4) is 0 Å². The highest BCUT2D eigenvalue weighted by Crippen LogP contribution is 1.89. The van der Waals surface area contributed by atoms with Crippen LogP contribution in [0, 0.1) is 0 Å². The molecule has 0 aromatic heterocycles. The molecular weight excluding hydrogens is 189 g/mol. The van der Waals surface area contributed by atoms with Crippen LogP contribution < -0.4 is 5.73 Å². The SMILES string of the molecule is CC(N)COCC(O)CCl.Cl. The first-order valence-corrected chi connectivity index (χ1v) is 3.77. The van der Waals surface area contributed by atoms with Crippen LogP contribution in [0.5, 0.6) is 0 Å². The summed E-state index contributed by atoms with van der Waals surface area (Å²) in [5, 5.41) is 8.87. The molecule has 0 rings (SSSR count). The molecule has 2 unspecified atom stereocenters. The van der Waals surface area contributed by atoms with E-state index in [1.54, 1.807) is 0 Å². The quantitative estimate of drug-likeness (QED) is 0.636. The van der Waals surface area contributed by atoms with Gasteiger partial charge in [0.2, 0.25) is 0 Å². The second kappa shape index (κ2) is 8.56. The summed E-state index contributed by atoms with van der Waals surface area (Å²) in [6.45, 7) is 2.58. The molecule has 11 heavy (non-hydrogen) atoms. The minimum Gasteiger partial charge on any atom is -0.389 e. The Kier molecular flexibility index (Phi) is 10.9. The topological polar surface area (TPSA) is 55.5 Å². The van der Waals surface area contributed by atoms with Gasteiger partial charge in [-0.05, 0) is 6.92 Å². The van der Waals surface area contributed by atoms with Gasteiger partial charge in [0, 0.05) is 6.04 Å². The monoisotopic (exact) mass is 203 g/mol. The maximum absolute atomic E-state index is 8.87. The van der Waals surface area contributed by atoms with Gasteiger partial charge in [-0.15, -0.1) is 24.0 Å². The molecular formula is C6H15Cl2NO2. The highest BCUT2D eigenvalue weighted by molar-refractivity contribution is 6.18. The molecule has 0 aliphatic carbocycles. The Hall–Kier alpha value is 0.460. The summed E-state index contributed by atoms with van der Waals surface area (Å²) < 4.78 is 4.99. The van der Waals surface area contributed by atoms with Gasteiger partial charge in [-0.1, -0.05) is 0 Å². The van der Waals surface area contributed by atoms with Crippen molar-refractivity contribution in [1.82, 2.24) is 0 Å². The molecule has 0 bridgehead atoms. The lowest BCUT2D eigenvalue weighted by Gasteiger charge is -2.09. The fourth-order valence-electron chi connectivity index (χ4n) is 0.435. The van der Waals surface area contributed by atoms with Crippen LogP contribution in [0.15, 0.2) is 0 Å². The first-order chi connectivity index (χ1) is 4.66. The number of hydrogen-bond donors (Lipinski definition) is 2. The molecule has 0 aliphatic rings. The van der Waals surface area contributed by atoms with Gasteiger partial charge in [0.25, 0.3) is 0 Å². The molecule has 0 heterocycles. The standard InChI is InChI=1S/C6H14ClNO2.ClH/c1-5(8)3-10-4-6(9)2-7;/h5-6,9H,2-4,8H2,1H3;1H. The minimum atomic E-state index is -0.569. The van der Waals surface area contributed by atoms with Crippen molar-refractivity contribution in [1.29, 1.82) is 0 Å². The van der Waals surface area contributed by atoms with Crippen LogP contribution in [0.2, 0.25) is 0 Å². The zero-order valence-corrected chi connectivity index (χ0v) is 8.07. The van der Waals surface area contributed by atoms with E-state index in [4.69, 9.17) is 27.2 Å². The largest absolute Gasteiger partial charge is 0.389 e. The van der Waals surface area contributed by atoms with E-state index in [1.807, 2.05) is 6.92 Å². The van der Waals surface area contributed by atoms with Crippen LogP contribution in [0.3, 0.4) is 0 Å². The number of aliphatic hydroxyl groups excluding tert-OH is 1. The van der Waals surface area contributed by atoms with Crippen LogP contribution in [0.4, 0.5) is 0 Å². The Morgan fingerprint density at radius 2 is 2.09 bits per heavy atom. The summed E-state index contributed by atoms with van der Waals surface area (Å²) in [7, 11) is 0. The van der Waals surface area contributed by atoms with Crippen molar-refractivity contribution in [2.75, 3.05) is 19.1 Å². The summed E-state index contributed by atoms with van der Waals surface area (Å²) >= 11 is 5.31. The maximum atomic E-state index is 8.87. The third-order valence-electron chi connectivity index (χ3n) is 0.869. The van der Waals surface area contributed by atoms with Gasteiger partial charge >= 0.3 is 0 Å². The molecule has 3 N–H and O–H groups in total. The molecule has 5 heteroatoms. The van der Waals surface area contributed by atoms with Gasteiger partial charge in [0.15, 0.2) is 0 Å². The van der Waals surface area contributed by atoms with Gasteiger partial charge in [-0.25, -0.2) is 0 Å². The zero-order valence-electron chi connectivity index (χ0n) is 6.50. The van der Waals surface area contributed by atoms with Crippen molar-refractivity contribution >= 4 is 24.0 Å². The molecule has 3 nitrogen and oxygen atoms in total. The van der Waals surface area contributed by atoms with Crippen molar-refractivity contribution in [3.63, 3.8) is 0 Å². The Balaban J connectivity index is 0. The third-order valence-corrected chi connectivity index (χ3v) is 1.23. The Bertz CT molecular complexity index is 83.0. The van der Waals surface area contributed by atoms with Gasteiger partial charge in [0.1, 0.15) is 0 Å². The van der Waals surface area contributed by atoms with E-state index in [1.165, 1.54) is 0 Å². The smallest absolute Gasteiger partial charge is 0.0908 e. The number of alkyl halides is 1. The van der Waals surface area contributed by atoms with Crippen LogP contribution in [0.1, 0.15) is 6.92 Å². The van der Waals surface area contributed by atoms with E-state index in [2.05, 4.69) is 0 Å². The predicted octanol–water partition coefficient (Wildman–Crippen LogP) is 0.372. The fourth-order valence-corrected chi connectivity index (χ4v) is 0.524. The van der Waals surface area contributed by atoms with Crippen molar-refractivity contribution in [2.24, 2.45) is 5.73 Å². The van der Waals surface area contributed by atoms with Gasteiger partial charge < -0.3 is 15.6 Å². The number of hydrogen-bond acceptors (Lipinski definition) is 3. The third kappa shape index (κ3) is 10.5. The van der Waals surface area contributed by atoms with Gasteiger partial charge in [0.05, 0.1) is 25.2 Å². The average molecular weight is 204 g/mol. The van der Waals surface area contributed by atoms with E-state index in [9.17, 15) is 0 Å². The van der Waals surface area contributed by atoms with Crippen molar-refractivity contribution in [3.05, 3.63) is 0 Å². The lowest BCUT2D eigenvalue weighted by Crippen LogP contribution is -2.25. The lowest BCUT2D eigenvalue weighted by atomic mass is 10.4. The molecule has 0 saturated carbocycles. The van der Waals surface area contributed by atoms with Crippen molar-refractivity contribution < 1.29 is 9.84 Å². The summed E-state index contributed by atoms with van der Waals surface area (Å²) in [5.74, 6) is 0.207. The minimum absolute atomic E-state index is 0. The highest BCUT2D eigenvalue weighted by Gasteiger charge is 2.01. The number of ether oxygens (including phenoxy) is 1. The predicted molar refractivity (Wildman–Crippen MR) is 48.4 cm³/mol. The zero-order chi connectivity index (χ0) is 7.98. The molecule has 0 aromatic carbocycles. The molecule has 0 radical (unpaired) electrons. The summed E-state index contributed by atoms with van der Waals surface area (Å²) in [6, 6.07) is 0.0162. The average Bonchev–Trinajstić information content (AvgIpc) is 1.87. The Morgan fingerprint density at radius 3 is 2.45 bits per heavy atom. The van der Waals surface area contributed by atoms with Crippen LogP contribution in [-0.2, 0) is 4.74 Å². The molecule has 0 aliphatic heterocycles.